The predicted molar refractivity (Wildman–Crippen MR) is 69.1 cm³/mol. The van der Waals surface area contributed by atoms with Crippen LogP contribution in [-0.2, 0) is 6.54 Å². The van der Waals surface area contributed by atoms with E-state index < -0.39 is 0 Å². The molecule has 0 spiro atoms. The summed E-state index contributed by atoms with van der Waals surface area (Å²) < 4.78 is 5.71. The van der Waals surface area contributed by atoms with Gasteiger partial charge in [0.1, 0.15) is 5.75 Å². The Hall–Kier alpha value is -1.02. The van der Waals surface area contributed by atoms with Crippen LogP contribution in [-0.4, -0.2) is 13.2 Å². The third-order valence-electron chi connectivity index (χ3n) is 2.66. The molecule has 0 aliphatic carbocycles. The highest BCUT2D eigenvalue weighted by molar-refractivity contribution is 5.41. The molecule has 1 N–H and O–H groups in total. The van der Waals surface area contributed by atoms with Gasteiger partial charge in [0, 0.05) is 6.54 Å². The summed E-state index contributed by atoms with van der Waals surface area (Å²) in [6, 6.07) is 4.38. The first-order valence-electron chi connectivity index (χ1n) is 6.12. The third kappa shape index (κ3) is 3.53. The number of ether oxygens (including phenoxy) is 1. The fourth-order valence-electron chi connectivity index (χ4n) is 1.67. The van der Waals surface area contributed by atoms with Crippen molar-refractivity contribution in [2.75, 3.05) is 13.2 Å². The van der Waals surface area contributed by atoms with E-state index in [4.69, 9.17) is 4.74 Å². The average molecular weight is 221 g/mol. The van der Waals surface area contributed by atoms with Gasteiger partial charge in [-0.05, 0) is 49.6 Å². The van der Waals surface area contributed by atoms with Crippen LogP contribution in [0.4, 0.5) is 0 Å². The van der Waals surface area contributed by atoms with E-state index in [1.54, 1.807) is 0 Å². The molecule has 2 nitrogen and oxygen atoms in total. The minimum atomic E-state index is 0.798. The molecule has 0 atom stereocenters. The second-order valence-electron chi connectivity index (χ2n) is 4.17. The minimum absolute atomic E-state index is 0.798. The molecule has 0 radical (unpaired) electrons. The van der Waals surface area contributed by atoms with E-state index >= 15 is 0 Å². The van der Waals surface area contributed by atoms with Crippen molar-refractivity contribution in [1.29, 1.82) is 0 Å². The van der Waals surface area contributed by atoms with Gasteiger partial charge in [0.05, 0.1) is 6.61 Å². The van der Waals surface area contributed by atoms with Crippen LogP contribution >= 0.6 is 0 Å². The number of rotatable bonds is 6. The Morgan fingerprint density at radius 1 is 1.12 bits per heavy atom. The maximum absolute atomic E-state index is 5.71. The first-order valence-corrected chi connectivity index (χ1v) is 6.12. The minimum Gasteiger partial charge on any atom is -0.493 e. The van der Waals surface area contributed by atoms with Gasteiger partial charge in [-0.15, -0.1) is 0 Å². The predicted octanol–water partition coefficient (Wildman–Crippen LogP) is 3.20. The van der Waals surface area contributed by atoms with Crippen LogP contribution in [0.2, 0.25) is 0 Å². The summed E-state index contributed by atoms with van der Waals surface area (Å²) in [6.45, 7) is 11.3. The van der Waals surface area contributed by atoms with Crippen molar-refractivity contribution in [3.63, 3.8) is 0 Å². The monoisotopic (exact) mass is 221 g/mol. The molecule has 1 rings (SSSR count). The second-order valence-corrected chi connectivity index (χ2v) is 4.17. The number of hydrogen-bond acceptors (Lipinski definition) is 2. The van der Waals surface area contributed by atoms with Crippen molar-refractivity contribution in [2.24, 2.45) is 0 Å². The van der Waals surface area contributed by atoms with E-state index in [0.29, 0.717) is 0 Å². The third-order valence-corrected chi connectivity index (χ3v) is 2.66. The summed E-state index contributed by atoms with van der Waals surface area (Å²) in [5.41, 5.74) is 3.90. The smallest absolute Gasteiger partial charge is 0.122 e. The Kier molecular flexibility index (Phi) is 5.33. The van der Waals surface area contributed by atoms with Gasteiger partial charge >= 0.3 is 0 Å². The number of aryl methyl sites for hydroxylation is 2. The molecule has 0 aliphatic heterocycles. The first-order chi connectivity index (χ1) is 7.69. The highest BCUT2D eigenvalue weighted by Gasteiger charge is 2.04. The highest BCUT2D eigenvalue weighted by atomic mass is 16.5. The summed E-state index contributed by atoms with van der Waals surface area (Å²) in [7, 11) is 0. The summed E-state index contributed by atoms with van der Waals surface area (Å²) >= 11 is 0. The normalized spacial score (nSPS) is 10.5. The van der Waals surface area contributed by atoms with Crippen LogP contribution in [0.15, 0.2) is 12.1 Å². The van der Waals surface area contributed by atoms with Crippen molar-refractivity contribution >= 4 is 0 Å². The van der Waals surface area contributed by atoms with Gasteiger partial charge in [0.25, 0.3) is 0 Å². The topological polar surface area (TPSA) is 21.3 Å². The second kappa shape index (κ2) is 6.54. The molecule has 0 unspecified atom stereocenters. The SMILES string of the molecule is CCCOc1cc(C)c(CNCC)cc1C. The molecule has 0 fully saturated rings. The van der Waals surface area contributed by atoms with Gasteiger partial charge in [-0.1, -0.05) is 19.9 Å². The fraction of sp³-hybridized carbons (Fsp3) is 0.571. The molecule has 0 aromatic heterocycles. The van der Waals surface area contributed by atoms with Crippen LogP contribution in [0.25, 0.3) is 0 Å². The molecule has 2 heteroatoms. The lowest BCUT2D eigenvalue weighted by Crippen LogP contribution is -2.13. The number of nitrogens with one attached hydrogen (secondary N) is 1. The zero-order valence-electron chi connectivity index (χ0n) is 10.9. The summed E-state index contributed by atoms with van der Waals surface area (Å²) in [5.74, 6) is 1.03. The standard InChI is InChI=1S/C14H23NO/c1-5-7-16-14-9-11(3)13(8-12(14)4)10-15-6-2/h8-9,15H,5-7,10H2,1-4H3. The molecule has 0 amide bonds. The van der Waals surface area contributed by atoms with E-state index in [9.17, 15) is 0 Å². The molecule has 16 heavy (non-hydrogen) atoms. The molecular weight excluding hydrogens is 198 g/mol. The maximum Gasteiger partial charge on any atom is 0.122 e. The zero-order valence-corrected chi connectivity index (χ0v) is 10.9. The number of hydrogen-bond donors (Lipinski definition) is 1. The molecule has 0 aliphatic rings. The van der Waals surface area contributed by atoms with Crippen LogP contribution < -0.4 is 10.1 Å². The van der Waals surface area contributed by atoms with Gasteiger partial charge < -0.3 is 10.1 Å². The molecule has 1 aromatic rings. The van der Waals surface area contributed by atoms with E-state index in [0.717, 1.165) is 31.9 Å². The largest absolute Gasteiger partial charge is 0.493 e. The van der Waals surface area contributed by atoms with Gasteiger partial charge in [0.2, 0.25) is 0 Å². The lowest BCUT2D eigenvalue weighted by molar-refractivity contribution is 0.315. The van der Waals surface area contributed by atoms with Crippen LogP contribution in [0.5, 0.6) is 5.75 Å². The molecule has 0 saturated carbocycles. The number of benzene rings is 1. The van der Waals surface area contributed by atoms with Crippen molar-refractivity contribution in [3.05, 3.63) is 28.8 Å². The van der Waals surface area contributed by atoms with Gasteiger partial charge in [-0.25, -0.2) is 0 Å². The molecule has 0 saturated heterocycles. The maximum atomic E-state index is 5.71. The van der Waals surface area contributed by atoms with E-state index in [1.165, 1.54) is 16.7 Å². The highest BCUT2D eigenvalue weighted by Crippen LogP contribution is 2.23. The Balaban J connectivity index is 2.79. The molecular formula is C14H23NO. The van der Waals surface area contributed by atoms with E-state index in [2.05, 4.69) is 45.1 Å². The van der Waals surface area contributed by atoms with Crippen molar-refractivity contribution < 1.29 is 4.74 Å². The quantitative estimate of drug-likeness (QED) is 0.796. The van der Waals surface area contributed by atoms with Crippen molar-refractivity contribution in [1.82, 2.24) is 5.32 Å². The van der Waals surface area contributed by atoms with Gasteiger partial charge in [-0.2, -0.15) is 0 Å². The fourth-order valence-corrected chi connectivity index (χ4v) is 1.67. The Bertz CT molecular complexity index is 300. The van der Waals surface area contributed by atoms with E-state index in [-0.39, 0.29) is 0 Å². The van der Waals surface area contributed by atoms with E-state index in [1.807, 2.05) is 0 Å². The first kappa shape index (κ1) is 13.0. The Morgan fingerprint density at radius 2 is 1.88 bits per heavy atom. The summed E-state index contributed by atoms with van der Waals surface area (Å²) in [5, 5.41) is 3.35. The van der Waals surface area contributed by atoms with Crippen molar-refractivity contribution in [2.45, 2.75) is 40.7 Å². The average Bonchev–Trinajstić information content (AvgIpc) is 2.28. The van der Waals surface area contributed by atoms with Crippen molar-refractivity contribution in [3.8, 4) is 5.75 Å². The Morgan fingerprint density at radius 3 is 2.50 bits per heavy atom. The lowest BCUT2D eigenvalue weighted by atomic mass is 10.0. The molecule has 0 heterocycles. The van der Waals surface area contributed by atoms with Crippen LogP contribution in [0, 0.1) is 13.8 Å². The van der Waals surface area contributed by atoms with Crippen LogP contribution in [0.1, 0.15) is 37.0 Å². The molecule has 90 valence electrons. The van der Waals surface area contributed by atoms with Gasteiger partial charge in [-0.3, -0.25) is 0 Å². The molecule has 0 bridgehead atoms. The van der Waals surface area contributed by atoms with Gasteiger partial charge in [0.15, 0.2) is 0 Å². The lowest BCUT2D eigenvalue weighted by Gasteiger charge is -2.13. The molecule has 1 aromatic carbocycles. The summed E-state index contributed by atoms with van der Waals surface area (Å²) in [4.78, 5) is 0. The Labute approximate surface area is 99.0 Å². The van der Waals surface area contributed by atoms with Crippen LogP contribution in [0.3, 0.4) is 0 Å². The zero-order chi connectivity index (χ0) is 12.0. The summed E-state index contributed by atoms with van der Waals surface area (Å²) in [6.07, 6.45) is 1.05.